The van der Waals surface area contributed by atoms with Gasteiger partial charge in [-0.25, -0.2) is 0 Å². The van der Waals surface area contributed by atoms with Gasteiger partial charge in [0.1, 0.15) is 6.61 Å². The summed E-state index contributed by atoms with van der Waals surface area (Å²) >= 11 is 0. The Morgan fingerprint density at radius 1 is 1.26 bits per heavy atom. The minimum absolute atomic E-state index is 0.113. The first-order valence-electron chi connectivity index (χ1n) is 6.83. The second-order valence-corrected chi connectivity index (χ2v) is 4.67. The van der Waals surface area contributed by atoms with Crippen molar-refractivity contribution >= 4 is 11.9 Å². The van der Waals surface area contributed by atoms with Gasteiger partial charge in [0.05, 0.1) is 18.1 Å². The van der Waals surface area contributed by atoms with Crippen molar-refractivity contribution < 1.29 is 19.6 Å². The quantitative estimate of drug-likeness (QED) is 0.366. The molecule has 0 aliphatic carbocycles. The molecule has 0 atom stereocenters. The number of oxime groups is 1. The zero-order valence-corrected chi connectivity index (χ0v) is 12.5. The Labute approximate surface area is 132 Å². The van der Waals surface area contributed by atoms with Crippen LogP contribution in [0.25, 0.3) is 0 Å². The van der Waals surface area contributed by atoms with E-state index in [9.17, 15) is 10.1 Å². The van der Waals surface area contributed by atoms with Gasteiger partial charge in [-0.2, -0.15) is 0 Å². The lowest BCUT2D eigenvalue weighted by atomic mass is 10.1. The highest BCUT2D eigenvalue weighted by molar-refractivity contribution is 5.66. The van der Waals surface area contributed by atoms with E-state index in [-0.39, 0.29) is 24.5 Å². The Balaban J connectivity index is 2.30. The molecule has 0 saturated heterocycles. The number of ether oxygens (including phenoxy) is 2. The highest BCUT2D eigenvalue weighted by Crippen LogP contribution is 2.35. The standard InChI is InChI=1S/C16H16N2O5/c1-22-15-9-13(7-8-17-19)14(18(20)21)10-16(15)23-11-12-5-3-2-4-6-12/h2-6,8-10,19H,7,11H2,1H3/b17-8+. The molecule has 0 heterocycles. The number of nitro groups is 1. The molecule has 0 bridgehead atoms. The number of rotatable bonds is 7. The van der Waals surface area contributed by atoms with Gasteiger partial charge in [-0.3, -0.25) is 10.1 Å². The van der Waals surface area contributed by atoms with Crippen molar-refractivity contribution in [3.8, 4) is 11.5 Å². The molecule has 0 fully saturated rings. The summed E-state index contributed by atoms with van der Waals surface area (Å²) < 4.78 is 10.9. The number of nitro benzene ring substituents is 1. The zero-order valence-electron chi connectivity index (χ0n) is 12.5. The van der Waals surface area contributed by atoms with Crippen LogP contribution in [0.4, 0.5) is 5.69 Å². The maximum atomic E-state index is 11.2. The number of benzene rings is 2. The van der Waals surface area contributed by atoms with Crippen molar-refractivity contribution in [3.63, 3.8) is 0 Å². The van der Waals surface area contributed by atoms with Gasteiger partial charge in [0, 0.05) is 18.2 Å². The van der Waals surface area contributed by atoms with Gasteiger partial charge in [0.2, 0.25) is 0 Å². The molecule has 0 aromatic heterocycles. The molecule has 0 aliphatic heterocycles. The van der Waals surface area contributed by atoms with Crippen LogP contribution in [-0.4, -0.2) is 23.5 Å². The normalized spacial score (nSPS) is 10.7. The first-order valence-corrected chi connectivity index (χ1v) is 6.83. The van der Waals surface area contributed by atoms with Crippen molar-refractivity contribution in [3.05, 3.63) is 63.7 Å². The molecule has 0 aliphatic rings. The van der Waals surface area contributed by atoms with Crippen molar-refractivity contribution in [1.82, 2.24) is 0 Å². The average molecular weight is 316 g/mol. The molecule has 0 spiro atoms. The Morgan fingerprint density at radius 3 is 2.61 bits per heavy atom. The summed E-state index contributed by atoms with van der Waals surface area (Å²) in [6.45, 7) is 0.270. The van der Waals surface area contributed by atoms with E-state index in [1.54, 1.807) is 0 Å². The third-order valence-electron chi connectivity index (χ3n) is 3.19. The maximum absolute atomic E-state index is 11.2. The zero-order chi connectivity index (χ0) is 16.7. The summed E-state index contributed by atoms with van der Waals surface area (Å²) in [5.41, 5.74) is 1.19. The van der Waals surface area contributed by atoms with Gasteiger partial charge in [0.25, 0.3) is 5.69 Å². The van der Waals surface area contributed by atoms with E-state index >= 15 is 0 Å². The highest BCUT2D eigenvalue weighted by Gasteiger charge is 2.19. The summed E-state index contributed by atoms with van der Waals surface area (Å²) in [6, 6.07) is 12.3. The van der Waals surface area contributed by atoms with Crippen LogP contribution in [-0.2, 0) is 13.0 Å². The van der Waals surface area contributed by atoms with E-state index in [2.05, 4.69) is 5.16 Å². The third kappa shape index (κ3) is 4.19. The average Bonchev–Trinajstić information content (AvgIpc) is 2.58. The largest absolute Gasteiger partial charge is 0.493 e. The molecule has 7 nitrogen and oxygen atoms in total. The summed E-state index contributed by atoms with van der Waals surface area (Å²) in [5, 5.41) is 22.6. The molecular formula is C16H16N2O5. The molecule has 2 aromatic rings. The van der Waals surface area contributed by atoms with Crippen molar-refractivity contribution in [2.24, 2.45) is 5.16 Å². The molecule has 1 N–H and O–H groups in total. The predicted octanol–water partition coefficient (Wildman–Crippen LogP) is 3.18. The number of nitrogens with zero attached hydrogens (tertiary/aromatic N) is 2. The van der Waals surface area contributed by atoms with Gasteiger partial charge >= 0.3 is 0 Å². The summed E-state index contributed by atoms with van der Waals surface area (Å²) in [6.07, 6.45) is 1.29. The molecule has 2 rings (SSSR count). The fourth-order valence-electron chi connectivity index (χ4n) is 2.07. The fraction of sp³-hybridized carbons (Fsp3) is 0.188. The van der Waals surface area contributed by atoms with Gasteiger partial charge < -0.3 is 14.7 Å². The first kappa shape index (κ1) is 16.3. The summed E-state index contributed by atoms with van der Waals surface area (Å²) in [7, 11) is 1.46. The van der Waals surface area contributed by atoms with E-state index in [0.29, 0.717) is 11.3 Å². The Hall–Kier alpha value is -3.09. The molecule has 2 aromatic carbocycles. The van der Waals surface area contributed by atoms with E-state index in [1.807, 2.05) is 30.3 Å². The van der Waals surface area contributed by atoms with Crippen LogP contribution in [0.5, 0.6) is 11.5 Å². The molecule has 0 unspecified atom stereocenters. The molecule has 120 valence electrons. The van der Waals surface area contributed by atoms with Crippen LogP contribution < -0.4 is 9.47 Å². The van der Waals surface area contributed by atoms with Gasteiger partial charge in [-0.05, 0) is 11.6 Å². The number of hydrogen-bond acceptors (Lipinski definition) is 6. The minimum atomic E-state index is -0.505. The molecular weight excluding hydrogens is 300 g/mol. The fourth-order valence-corrected chi connectivity index (χ4v) is 2.07. The number of methoxy groups -OCH3 is 1. The van der Waals surface area contributed by atoms with E-state index < -0.39 is 4.92 Å². The van der Waals surface area contributed by atoms with Crippen molar-refractivity contribution in [2.45, 2.75) is 13.0 Å². The van der Waals surface area contributed by atoms with E-state index in [0.717, 1.165) is 5.56 Å². The van der Waals surface area contributed by atoms with Crippen LogP contribution in [0.2, 0.25) is 0 Å². The second kappa shape index (κ2) is 7.79. The highest BCUT2D eigenvalue weighted by atomic mass is 16.6. The number of hydrogen-bond donors (Lipinski definition) is 1. The van der Waals surface area contributed by atoms with Crippen LogP contribution in [0.3, 0.4) is 0 Å². The van der Waals surface area contributed by atoms with Crippen LogP contribution in [0, 0.1) is 10.1 Å². The molecule has 7 heteroatoms. The molecule has 0 saturated carbocycles. The van der Waals surface area contributed by atoms with Crippen molar-refractivity contribution in [2.75, 3.05) is 7.11 Å². The minimum Gasteiger partial charge on any atom is -0.493 e. The third-order valence-corrected chi connectivity index (χ3v) is 3.19. The smallest absolute Gasteiger partial charge is 0.276 e. The van der Waals surface area contributed by atoms with Crippen LogP contribution in [0.1, 0.15) is 11.1 Å². The lowest BCUT2D eigenvalue weighted by Crippen LogP contribution is -2.02. The Morgan fingerprint density at radius 2 is 2.00 bits per heavy atom. The van der Waals surface area contributed by atoms with Crippen LogP contribution >= 0.6 is 0 Å². The molecule has 0 radical (unpaired) electrons. The molecule has 0 amide bonds. The van der Waals surface area contributed by atoms with E-state index in [4.69, 9.17) is 14.7 Å². The van der Waals surface area contributed by atoms with Gasteiger partial charge in [0.15, 0.2) is 11.5 Å². The Bertz CT molecular complexity index is 701. The Kier molecular flexibility index (Phi) is 5.51. The summed E-state index contributed by atoms with van der Waals surface area (Å²) in [5.74, 6) is 0.667. The SMILES string of the molecule is COc1cc(C/C=N/O)c([N+](=O)[O-])cc1OCc1ccccc1. The monoisotopic (exact) mass is 316 g/mol. The van der Waals surface area contributed by atoms with E-state index in [1.165, 1.54) is 25.5 Å². The predicted molar refractivity (Wildman–Crippen MR) is 84.4 cm³/mol. The van der Waals surface area contributed by atoms with Gasteiger partial charge in [-0.15, -0.1) is 5.16 Å². The lowest BCUT2D eigenvalue weighted by Gasteiger charge is -2.12. The van der Waals surface area contributed by atoms with Crippen molar-refractivity contribution in [1.29, 1.82) is 0 Å². The second-order valence-electron chi connectivity index (χ2n) is 4.67. The topological polar surface area (TPSA) is 94.2 Å². The molecule has 23 heavy (non-hydrogen) atoms. The van der Waals surface area contributed by atoms with Crippen LogP contribution in [0.15, 0.2) is 47.6 Å². The maximum Gasteiger partial charge on any atom is 0.276 e. The first-order chi connectivity index (χ1) is 11.2. The lowest BCUT2D eigenvalue weighted by molar-refractivity contribution is -0.385. The van der Waals surface area contributed by atoms with Gasteiger partial charge in [-0.1, -0.05) is 30.3 Å². The summed E-state index contributed by atoms with van der Waals surface area (Å²) in [4.78, 5) is 10.7.